The lowest BCUT2D eigenvalue weighted by atomic mass is 10.2. The molecule has 146 valence electrons. The molecule has 0 bridgehead atoms. The van der Waals surface area contributed by atoms with Gasteiger partial charge in [-0.05, 0) is 55.0 Å². The highest BCUT2D eigenvalue weighted by Gasteiger charge is 2.23. The summed E-state index contributed by atoms with van der Waals surface area (Å²) in [6, 6.07) is 16.8. The second-order valence-corrected chi connectivity index (χ2v) is 8.55. The number of hydrogen-bond acceptors (Lipinski definition) is 4. The Labute approximate surface area is 165 Å². The third kappa shape index (κ3) is 4.09. The van der Waals surface area contributed by atoms with E-state index in [1.165, 1.54) is 28.4 Å². The molecule has 0 radical (unpaired) electrons. The molecule has 0 N–H and O–H groups in total. The topological polar surface area (TPSA) is 70.8 Å². The van der Waals surface area contributed by atoms with Crippen molar-refractivity contribution in [3.05, 3.63) is 83.8 Å². The van der Waals surface area contributed by atoms with Crippen LogP contribution < -0.4 is 4.31 Å². The molecular weight excluding hydrogens is 376 g/mol. The summed E-state index contributed by atoms with van der Waals surface area (Å²) in [5, 5.41) is 0. The first-order chi connectivity index (χ1) is 13.3. The predicted molar refractivity (Wildman–Crippen MR) is 108 cm³/mol. The number of hydrogen-bond donors (Lipinski definition) is 0. The third-order valence-electron chi connectivity index (χ3n) is 4.42. The van der Waals surface area contributed by atoms with Crippen molar-refractivity contribution in [3.8, 4) is 0 Å². The van der Waals surface area contributed by atoms with Crippen LogP contribution in [0.25, 0.3) is 0 Å². The average molecular weight is 398 g/mol. The maximum Gasteiger partial charge on any atom is 0.264 e. The van der Waals surface area contributed by atoms with Gasteiger partial charge < -0.3 is 9.32 Å². The molecule has 0 unspecified atom stereocenters. The van der Waals surface area contributed by atoms with Crippen LogP contribution in [0.15, 0.2) is 76.2 Å². The van der Waals surface area contributed by atoms with Gasteiger partial charge in [0.05, 0.1) is 23.4 Å². The van der Waals surface area contributed by atoms with E-state index in [-0.39, 0.29) is 10.8 Å². The first-order valence-corrected chi connectivity index (χ1v) is 10.2. The summed E-state index contributed by atoms with van der Waals surface area (Å²) in [4.78, 5) is 14.3. The van der Waals surface area contributed by atoms with Crippen molar-refractivity contribution >= 4 is 21.6 Å². The van der Waals surface area contributed by atoms with Crippen molar-refractivity contribution < 1.29 is 17.6 Å². The van der Waals surface area contributed by atoms with Gasteiger partial charge in [0.15, 0.2) is 0 Å². The maximum atomic E-state index is 13.0. The van der Waals surface area contributed by atoms with E-state index >= 15 is 0 Å². The van der Waals surface area contributed by atoms with Crippen molar-refractivity contribution in [2.24, 2.45) is 0 Å². The molecule has 28 heavy (non-hydrogen) atoms. The summed E-state index contributed by atoms with van der Waals surface area (Å²) in [6.45, 7) is 2.20. The Hall–Kier alpha value is -3.06. The number of carbonyl (C=O) groups excluding carboxylic acids is 1. The lowest BCUT2D eigenvalue weighted by Crippen LogP contribution is -2.28. The minimum atomic E-state index is -3.80. The van der Waals surface area contributed by atoms with Gasteiger partial charge in [0, 0.05) is 19.7 Å². The Kier molecular flexibility index (Phi) is 5.56. The van der Waals surface area contributed by atoms with Crippen LogP contribution in [0.2, 0.25) is 0 Å². The monoisotopic (exact) mass is 398 g/mol. The van der Waals surface area contributed by atoms with Crippen LogP contribution >= 0.6 is 0 Å². The maximum absolute atomic E-state index is 13.0. The second kappa shape index (κ2) is 7.90. The summed E-state index contributed by atoms with van der Waals surface area (Å²) in [6.07, 6.45) is 1.54. The molecule has 0 aliphatic rings. The summed E-state index contributed by atoms with van der Waals surface area (Å²) in [7, 11) is -0.651. The average Bonchev–Trinajstić information content (AvgIpc) is 3.19. The standard InChI is InChI=1S/C21H22N2O4S/c1-16-7-4-9-18(13-16)23(3)28(25,26)20-11-5-8-17(14-20)21(24)22(2)15-19-10-6-12-27-19/h4-14H,15H2,1-3H3. The molecule has 3 aromatic rings. The minimum absolute atomic E-state index is 0.0637. The molecule has 6 nitrogen and oxygen atoms in total. The van der Waals surface area contributed by atoms with E-state index in [9.17, 15) is 13.2 Å². The predicted octanol–water partition coefficient (Wildman–Crippen LogP) is 3.69. The molecule has 0 saturated carbocycles. The Morgan fingerprint density at radius 1 is 1.00 bits per heavy atom. The van der Waals surface area contributed by atoms with Gasteiger partial charge in [-0.15, -0.1) is 0 Å². The number of sulfonamides is 1. The number of carbonyl (C=O) groups is 1. The first kappa shape index (κ1) is 19.7. The highest BCUT2D eigenvalue weighted by atomic mass is 32.2. The molecule has 2 aromatic carbocycles. The molecule has 1 heterocycles. The highest BCUT2D eigenvalue weighted by Crippen LogP contribution is 2.24. The summed E-state index contributed by atoms with van der Waals surface area (Å²) in [5.74, 6) is 0.366. The second-order valence-electron chi connectivity index (χ2n) is 6.58. The molecule has 0 spiro atoms. The van der Waals surface area contributed by atoms with E-state index < -0.39 is 10.0 Å². The zero-order valence-corrected chi connectivity index (χ0v) is 16.8. The molecular formula is C21H22N2O4S. The normalized spacial score (nSPS) is 11.2. The Morgan fingerprint density at radius 2 is 1.75 bits per heavy atom. The van der Waals surface area contributed by atoms with Gasteiger partial charge >= 0.3 is 0 Å². The Morgan fingerprint density at radius 3 is 2.43 bits per heavy atom. The molecule has 0 aliphatic carbocycles. The quantitative estimate of drug-likeness (QED) is 0.635. The molecule has 0 fully saturated rings. The number of amides is 1. The fourth-order valence-electron chi connectivity index (χ4n) is 2.84. The van der Waals surface area contributed by atoms with Crippen LogP contribution in [0.5, 0.6) is 0 Å². The van der Waals surface area contributed by atoms with Crippen LogP contribution in [-0.2, 0) is 16.6 Å². The molecule has 1 aromatic heterocycles. The number of anilines is 1. The van der Waals surface area contributed by atoms with E-state index in [4.69, 9.17) is 4.42 Å². The fraction of sp³-hybridized carbons (Fsp3) is 0.190. The van der Waals surface area contributed by atoms with Crippen molar-refractivity contribution in [2.45, 2.75) is 18.4 Å². The minimum Gasteiger partial charge on any atom is -0.467 e. The van der Waals surface area contributed by atoms with E-state index in [2.05, 4.69) is 0 Å². The summed E-state index contributed by atoms with van der Waals surface area (Å²) in [5.41, 5.74) is 1.82. The fourth-order valence-corrected chi connectivity index (χ4v) is 4.07. The number of furan rings is 1. The number of benzene rings is 2. The Bertz CT molecular complexity index is 1080. The third-order valence-corrected chi connectivity index (χ3v) is 6.21. The van der Waals surface area contributed by atoms with Gasteiger partial charge in [0.2, 0.25) is 0 Å². The number of aryl methyl sites for hydroxylation is 1. The van der Waals surface area contributed by atoms with Gasteiger partial charge in [0.1, 0.15) is 5.76 Å². The SMILES string of the molecule is Cc1cccc(N(C)S(=O)(=O)c2cccc(C(=O)N(C)Cc3ccco3)c2)c1. The zero-order valence-electron chi connectivity index (χ0n) is 16.0. The van der Waals surface area contributed by atoms with Crippen LogP contribution in [0.3, 0.4) is 0 Å². The lowest BCUT2D eigenvalue weighted by molar-refractivity contribution is 0.0775. The van der Waals surface area contributed by atoms with E-state index in [1.54, 1.807) is 55.8 Å². The molecule has 3 rings (SSSR count). The van der Waals surface area contributed by atoms with E-state index in [0.717, 1.165) is 5.56 Å². The van der Waals surface area contributed by atoms with Crippen molar-refractivity contribution in [1.29, 1.82) is 0 Å². The summed E-state index contributed by atoms with van der Waals surface area (Å²) < 4.78 is 32.5. The molecule has 0 atom stereocenters. The zero-order chi connectivity index (χ0) is 20.3. The van der Waals surface area contributed by atoms with Crippen molar-refractivity contribution in [3.63, 3.8) is 0 Å². The number of rotatable bonds is 6. The van der Waals surface area contributed by atoms with Crippen LogP contribution in [0, 0.1) is 6.92 Å². The van der Waals surface area contributed by atoms with Gasteiger partial charge in [0.25, 0.3) is 15.9 Å². The van der Waals surface area contributed by atoms with Gasteiger partial charge in [-0.2, -0.15) is 0 Å². The molecule has 1 amide bonds. The Balaban J connectivity index is 1.86. The first-order valence-electron chi connectivity index (χ1n) is 8.72. The van der Waals surface area contributed by atoms with Crippen LogP contribution in [0.4, 0.5) is 5.69 Å². The molecule has 0 saturated heterocycles. The van der Waals surface area contributed by atoms with Gasteiger partial charge in [-0.3, -0.25) is 9.10 Å². The lowest BCUT2D eigenvalue weighted by Gasteiger charge is -2.21. The van der Waals surface area contributed by atoms with Gasteiger partial charge in [-0.1, -0.05) is 18.2 Å². The summed E-state index contributed by atoms with van der Waals surface area (Å²) >= 11 is 0. The highest BCUT2D eigenvalue weighted by molar-refractivity contribution is 7.92. The van der Waals surface area contributed by atoms with Gasteiger partial charge in [-0.25, -0.2) is 8.42 Å². The van der Waals surface area contributed by atoms with Crippen molar-refractivity contribution in [1.82, 2.24) is 4.90 Å². The van der Waals surface area contributed by atoms with Crippen LogP contribution in [-0.4, -0.2) is 33.3 Å². The number of nitrogens with zero attached hydrogens (tertiary/aromatic N) is 2. The van der Waals surface area contributed by atoms with E-state index in [1.807, 2.05) is 13.0 Å². The molecule has 0 aliphatic heterocycles. The van der Waals surface area contributed by atoms with Crippen LogP contribution in [0.1, 0.15) is 21.7 Å². The molecule has 7 heteroatoms. The largest absolute Gasteiger partial charge is 0.467 e. The van der Waals surface area contributed by atoms with Crippen molar-refractivity contribution in [2.75, 3.05) is 18.4 Å². The van der Waals surface area contributed by atoms with E-state index in [0.29, 0.717) is 23.6 Å². The smallest absolute Gasteiger partial charge is 0.264 e.